The van der Waals surface area contributed by atoms with E-state index in [1.807, 2.05) is 57.9 Å². The first-order chi connectivity index (χ1) is 19.2. The zero-order valence-corrected chi connectivity index (χ0v) is 24.2. The highest BCUT2D eigenvalue weighted by molar-refractivity contribution is 5.69. The summed E-state index contributed by atoms with van der Waals surface area (Å²) >= 11 is 0. The lowest BCUT2D eigenvalue weighted by atomic mass is 9.85. The largest absolute Gasteiger partial charge is 0.333 e. The van der Waals surface area contributed by atoms with E-state index in [-0.39, 0.29) is 11.1 Å². The fourth-order valence-electron chi connectivity index (χ4n) is 5.20. The van der Waals surface area contributed by atoms with Gasteiger partial charge in [-0.2, -0.15) is 4.68 Å². The van der Waals surface area contributed by atoms with Gasteiger partial charge in [0.1, 0.15) is 6.33 Å². The molecule has 5 aromatic rings. The van der Waals surface area contributed by atoms with E-state index in [0.717, 1.165) is 64.3 Å². The van der Waals surface area contributed by atoms with Crippen LogP contribution in [0.5, 0.6) is 0 Å². The topological polar surface area (TPSA) is 83.4 Å². The molecule has 8 heteroatoms. The van der Waals surface area contributed by atoms with E-state index in [2.05, 4.69) is 69.2 Å². The van der Waals surface area contributed by atoms with Gasteiger partial charge in [-0.3, -0.25) is 14.1 Å². The Balaban J connectivity index is 1.50. The zero-order chi connectivity index (χ0) is 28.4. The second kappa shape index (κ2) is 11.0. The number of benzene rings is 2. The van der Waals surface area contributed by atoms with Gasteiger partial charge in [0.15, 0.2) is 0 Å². The SMILES string of the molecule is CCCCc1cn(-c2c(C)cc(C(C)(C)C)cc2C)c(=O)n1Cc1ccc(-c2ccccc2-n2cnnn2)nc1. The molecule has 0 aliphatic heterocycles. The van der Waals surface area contributed by atoms with Crippen LogP contribution in [0.1, 0.15) is 68.5 Å². The number of hydrogen-bond acceptors (Lipinski definition) is 5. The van der Waals surface area contributed by atoms with Crippen molar-refractivity contribution in [1.29, 1.82) is 0 Å². The van der Waals surface area contributed by atoms with Crippen LogP contribution in [-0.4, -0.2) is 34.3 Å². The molecule has 0 bridgehead atoms. The van der Waals surface area contributed by atoms with Crippen LogP contribution in [-0.2, 0) is 18.4 Å². The minimum atomic E-state index is -0.0195. The molecule has 0 N–H and O–H groups in total. The molecular weight excluding hydrogens is 498 g/mol. The van der Waals surface area contributed by atoms with E-state index in [9.17, 15) is 4.79 Å². The Morgan fingerprint density at radius 1 is 0.975 bits per heavy atom. The molecule has 0 radical (unpaired) electrons. The van der Waals surface area contributed by atoms with Gasteiger partial charge in [0.25, 0.3) is 0 Å². The number of imidazole rings is 1. The van der Waals surface area contributed by atoms with Crippen LogP contribution in [0.2, 0.25) is 0 Å². The van der Waals surface area contributed by atoms with Gasteiger partial charge in [0.2, 0.25) is 0 Å². The summed E-state index contributed by atoms with van der Waals surface area (Å²) in [5.74, 6) is 0. The highest BCUT2D eigenvalue weighted by Crippen LogP contribution is 2.29. The first kappa shape index (κ1) is 27.2. The Morgan fingerprint density at radius 2 is 1.73 bits per heavy atom. The molecule has 40 heavy (non-hydrogen) atoms. The molecule has 8 nitrogen and oxygen atoms in total. The Labute approximate surface area is 235 Å². The van der Waals surface area contributed by atoms with Crippen molar-refractivity contribution < 1.29 is 0 Å². The fourth-order valence-corrected chi connectivity index (χ4v) is 5.20. The van der Waals surface area contributed by atoms with E-state index < -0.39 is 0 Å². The smallest absolute Gasteiger partial charge is 0.292 e. The van der Waals surface area contributed by atoms with Crippen molar-refractivity contribution in [2.45, 2.75) is 72.8 Å². The van der Waals surface area contributed by atoms with Crippen molar-refractivity contribution in [3.8, 4) is 22.6 Å². The maximum absolute atomic E-state index is 13.9. The fraction of sp³-hybridized carbons (Fsp3) is 0.344. The van der Waals surface area contributed by atoms with Crippen LogP contribution in [0.3, 0.4) is 0 Å². The van der Waals surface area contributed by atoms with Crippen molar-refractivity contribution in [2.75, 3.05) is 0 Å². The number of unbranched alkanes of at least 4 members (excludes halogenated alkanes) is 1. The summed E-state index contributed by atoms with van der Waals surface area (Å²) in [6, 6.07) is 16.3. The molecule has 206 valence electrons. The van der Waals surface area contributed by atoms with E-state index >= 15 is 0 Å². The Bertz CT molecular complexity index is 1650. The molecule has 0 saturated carbocycles. The summed E-state index contributed by atoms with van der Waals surface area (Å²) in [6.07, 6.45) is 8.40. The molecule has 0 fully saturated rings. The molecule has 0 atom stereocenters. The third-order valence-corrected chi connectivity index (χ3v) is 7.39. The summed E-state index contributed by atoms with van der Waals surface area (Å²) < 4.78 is 5.37. The lowest BCUT2D eigenvalue weighted by molar-refractivity contribution is 0.589. The van der Waals surface area contributed by atoms with Gasteiger partial charge < -0.3 is 0 Å². The molecule has 0 saturated heterocycles. The first-order valence-electron chi connectivity index (χ1n) is 13.9. The number of tetrazole rings is 1. The van der Waals surface area contributed by atoms with Gasteiger partial charge in [-0.1, -0.05) is 70.5 Å². The zero-order valence-electron chi connectivity index (χ0n) is 24.2. The van der Waals surface area contributed by atoms with Crippen molar-refractivity contribution in [3.05, 3.63) is 106 Å². The number of hydrogen-bond donors (Lipinski definition) is 0. The molecule has 0 aliphatic carbocycles. The Morgan fingerprint density at radius 3 is 2.35 bits per heavy atom. The third kappa shape index (κ3) is 5.39. The maximum Gasteiger partial charge on any atom is 0.333 e. The number of aryl methyl sites for hydroxylation is 3. The molecule has 0 unspecified atom stereocenters. The predicted octanol–water partition coefficient (Wildman–Crippen LogP) is 5.98. The molecule has 5 rings (SSSR count). The van der Waals surface area contributed by atoms with Crippen LogP contribution < -0.4 is 5.69 Å². The van der Waals surface area contributed by atoms with E-state index in [1.54, 1.807) is 11.0 Å². The van der Waals surface area contributed by atoms with Crippen LogP contribution in [0.15, 0.2) is 72.0 Å². The molecule has 3 heterocycles. The highest BCUT2D eigenvalue weighted by Gasteiger charge is 2.20. The molecule has 3 aromatic heterocycles. The van der Waals surface area contributed by atoms with Gasteiger partial charge in [-0.05, 0) is 76.9 Å². The average molecular weight is 536 g/mol. The van der Waals surface area contributed by atoms with Gasteiger partial charge in [-0.25, -0.2) is 4.79 Å². The van der Waals surface area contributed by atoms with Crippen molar-refractivity contribution >= 4 is 0 Å². The monoisotopic (exact) mass is 535 g/mol. The molecule has 2 aromatic carbocycles. The lowest BCUT2D eigenvalue weighted by Gasteiger charge is -2.22. The number of para-hydroxylation sites is 1. The summed E-state index contributed by atoms with van der Waals surface area (Å²) in [4.78, 5) is 18.7. The van der Waals surface area contributed by atoms with Crippen molar-refractivity contribution in [3.63, 3.8) is 0 Å². The summed E-state index contributed by atoms with van der Waals surface area (Å²) in [7, 11) is 0. The predicted molar refractivity (Wildman–Crippen MR) is 158 cm³/mol. The highest BCUT2D eigenvalue weighted by atomic mass is 16.1. The van der Waals surface area contributed by atoms with Gasteiger partial charge in [0.05, 0.1) is 23.6 Å². The number of aromatic nitrogens is 7. The summed E-state index contributed by atoms with van der Waals surface area (Å²) in [5, 5.41) is 11.6. The number of pyridine rings is 1. The van der Waals surface area contributed by atoms with Gasteiger partial charge in [-0.15, -0.1) is 5.10 Å². The van der Waals surface area contributed by atoms with Crippen LogP contribution in [0, 0.1) is 13.8 Å². The molecule has 0 aliphatic rings. The van der Waals surface area contributed by atoms with Gasteiger partial charge >= 0.3 is 5.69 Å². The summed E-state index contributed by atoms with van der Waals surface area (Å²) in [5.41, 5.74) is 9.10. The van der Waals surface area contributed by atoms with E-state index in [1.165, 1.54) is 5.56 Å². The average Bonchev–Trinajstić information content (AvgIpc) is 3.56. The van der Waals surface area contributed by atoms with Gasteiger partial charge in [0, 0.05) is 23.7 Å². The maximum atomic E-state index is 13.9. The minimum absolute atomic E-state index is 0.0195. The number of nitrogens with zero attached hydrogens (tertiary/aromatic N) is 7. The second-order valence-electron chi connectivity index (χ2n) is 11.5. The van der Waals surface area contributed by atoms with Crippen molar-refractivity contribution in [1.82, 2.24) is 34.3 Å². The second-order valence-corrected chi connectivity index (χ2v) is 11.5. The lowest BCUT2D eigenvalue weighted by Crippen LogP contribution is -2.26. The third-order valence-electron chi connectivity index (χ3n) is 7.39. The first-order valence-corrected chi connectivity index (χ1v) is 13.9. The van der Waals surface area contributed by atoms with Crippen molar-refractivity contribution in [2.24, 2.45) is 0 Å². The van der Waals surface area contributed by atoms with E-state index in [4.69, 9.17) is 4.98 Å². The van der Waals surface area contributed by atoms with E-state index in [0.29, 0.717) is 6.54 Å². The van der Waals surface area contributed by atoms with Crippen LogP contribution in [0.4, 0.5) is 0 Å². The molecular formula is C32H37N7O. The quantitative estimate of drug-likeness (QED) is 0.244. The normalized spacial score (nSPS) is 11.8. The minimum Gasteiger partial charge on any atom is -0.292 e. The van der Waals surface area contributed by atoms with Crippen LogP contribution >= 0.6 is 0 Å². The number of rotatable bonds is 8. The van der Waals surface area contributed by atoms with Crippen LogP contribution in [0.25, 0.3) is 22.6 Å². The Kier molecular flexibility index (Phi) is 7.52. The summed E-state index contributed by atoms with van der Waals surface area (Å²) in [6.45, 7) is 13.5. The Hall–Kier alpha value is -4.33. The molecule has 0 spiro atoms. The molecule has 0 amide bonds. The standard InChI is InChI=1S/C32H37N7O/c1-7-8-11-26-20-38(30-22(2)16-25(17-23(30)3)32(4,5)6)31(40)37(26)19-24-14-15-28(33-18-24)27-12-9-10-13-29(27)39-21-34-35-36-39/h9-10,12-18,20-21H,7-8,11,19H2,1-6H3.